The van der Waals surface area contributed by atoms with Crippen molar-refractivity contribution in [2.75, 3.05) is 36.8 Å². The molecule has 0 aliphatic rings. The van der Waals surface area contributed by atoms with Crippen LogP contribution in [0.15, 0.2) is 29.4 Å². The van der Waals surface area contributed by atoms with Gasteiger partial charge < -0.3 is 26.3 Å². The number of ether oxygens (including phenoxy) is 2. The SMILES string of the molecule is COc1ccc(OC)c(NC(=O)CSc2nc(N)cc(N)n2)c1. The molecule has 122 valence electrons. The summed E-state index contributed by atoms with van der Waals surface area (Å²) in [6.07, 6.45) is 0. The molecule has 0 saturated carbocycles. The van der Waals surface area contributed by atoms with Crippen LogP contribution >= 0.6 is 11.8 Å². The fraction of sp³-hybridized carbons (Fsp3) is 0.214. The van der Waals surface area contributed by atoms with Crippen molar-refractivity contribution in [3.63, 3.8) is 0 Å². The third-order valence-corrected chi connectivity index (χ3v) is 3.61. The second kappa shape index (κ2) is 7.54. The van der Waals surface area contributed by atoms with Gasteiger partial charge in [-0.25, -0.2) is 9.97 Å². The molecule has 5 N–H and O–H groups in total. The number of anilines is 3. The number of nitrogens with one attached hydrogen (secondary N) is 1. The number of thioether (sulfide) groups is 1. The summed E-state index contributed by atoms with van der Waals surface area (Å²) in [5, 5.41) is 3.10. The van der Waals surface area contributed by atoms with Crippen molar-refractivity contribution in [1.29, 1.82) is 0 Å². The lowest BCUT2D eigenvalue weighted by atomic mass is 10.2. The summed E-state index contributed by atoms with van der Waals surface area (Å²) in [4.78, 5) is 20.1. The third-order valence-electron chi connectivity index (χ3n) is 2.76. The van der Waals surface area contributed by atoms with E-state index >= 15 is 0 Å². The average Bonchev–Trinajstić information content (AvgIpc) is 2.52. The lowest BCUT2D eigenvalue weighted by Gasteiger charge is -2.11. The second-order valence-electron chi connectivity index (χ2n) is 4.40. The van der Waals surface area contributed by atoms with E-state index in [-0.39, 0.29) is 23.3 Å². The molecule has 1 heterocycles. The maximum absolute atomic E-state index is 12.1. The number of aromatic nitrogens is 2. The molecule has 0 aliphatic carbocycles. The Morgan fingerprint density at radius 1 is 1.17 bits per heavy atom. The number of amides is 1. The summed E-state index contributed by atoms with van der Waals surface area (Å²) in [5.74, 6) is 1.52. The van der Waals surface area contributed by atoms with E-state index in [0.717, 1.165) is 11.8 Å². The van der Waals surface area contributed by atoms with E-state index in [0.29, 0.717) is 22.3 Å². The largest absolute Gasteiger partial charge is 0.497 e. The Morgan fingerprint density at radius 3 is 2.48 bits per heavy atom. The minimum absolute atomic E-state index is 0.100. The van der Waals surface area contributed by atoms with Crippen LogP contribution in [-0.2, 0) is 4.79 Å². The van der Waals surface area contributed by atoms with E-state index in [1.165, 1.54) is 13.2 Å². The summed E-state index contributed by atoms with van der Waals surface area (Å²) in [6.45, 7) is 0. The third kappa shape index (κ3) is 4.65. The van der Waals surface area contributed by atoms with Crippen molar-refractivity contribution in [2.45, 2.75) is 5.16 Å². The molecule has 2 rings (SSSR count). The van der Waals surface area contributed by atoms with Crippen LogP contribution in [0.3, 0.4) is 0 Å². The molecule has 1 amide bonds. The highest BCUT2D eigenvalue weighted by molar-refractivity contribution is 7.99. The molecule has 0 bridgehead atoms. The van der Waals surface area contributed by atoms with Gasteiger partial charge in [0.1, 0.15) is 23.1 Å². The first kappa shape index (κ1) is 16.7. The predicted octanol–water partition coefficient (Wildman–Crippen LogP) is 1.39. The van der Waals surface area contributed by atoms with E-state index in [2.05, 4.69) is 15.3 Å². The average molecular weight is 335 g/mol. The van der Waals surface area contributed by atoms with Crippen molar-refractivity contribution in [3.8, 4) is 11.5 Å². The Kier molecular flexibility index (Phi) is 5.47. The molecule has 23 heavy (non-hydrogen) atoms. The van der Waals surface area contributed by atoms with Crippen LogP contribution in [-0.4, -0.2) is 35.8 Å². The first-order valence-corrected chi connectivity index (χ1v) is 7.55. The van der Waals surface area contributed by atoms with Gasteiger partial charge in [-0.15, -0.1) is 0 Å². The highest BCUT2D eigenvalue weighted by atomic mass is 32.2. The molecule has 1 aromatic heterocycles. The highest BCUT2D eigenvalue weighted by Gasteiger charge is 2.11. The van der Waals surface area contributed by atoms with Crippen LogP contribution in [0.25, 0.3) is 0 Å². The number of methoxy groups -OCH3 is 2. The lowest BCUT2D eigenvalue weighted by molar-refractivity contribution is -0.113. The maximum atomic E-state index is 12.1. The van der Waals surface area contributed by atoms with Gasteiger partial charge in [-0.3, -0.25) is 4.79 Å². The van der Waals surface area contributed by atoms with Crippen molar-refractivity contribution >= 4 is 35.0 Å². The van der Waals surface area contributed by atoms with Gasteiger partial charge in [0.2, 0.25) is 5.91 Å². The predicted molar refractivity (Wildman–Crippen MR) is 89.8 cm³/mol. The van der Waals surface area contributed by atoms with Crippen LogP contribution in [0.2, 0.25) is 0 Å². The maximum Gasteiger partial charge on any atom is 0.234 e. The number of carbonyl (C=O) groups is 1. The Bertz CT molecular complexity index is 691. The Morgan fingerprint density at radius 2 is 1.87 bits per heavy atom. The number of hydrogen-bond donors (Lipinski definition) is 3. The minimum Gasteiger partial charge on any atom is -0.497 e. The zero-order chi connectivity index (χ0) is 16.8. The molecule has 0 saturated heterocycles. The quantitative estimate of drug-likeness (QED) is 0.534. The van der Waals surface area contributed by atoms with Gasteiger partial charge in [0.15, 0.2) is 5.16 Å². The van der Waals surface area contributed by atoms with Crippen LogP contribution in [0, 0.1) is 0 Å². The van der Waals surface area contributed by atoms with E-state index in [1.54, 1.807) is 25.3 Å². The smallest absolute Gasteiger partial charge is 0.234 e. The van der Waals surface area contributed by atoms with E-state index in [4.69, 9.17) is 20.9 Å². The van der Waals surface area contributed by atoms with Gasteiger partial charge >= 0.3 is 0 Å². The van der Waals surface area contributed by atoms with Crippen LogP contribution in [0.4, 0.5) is 17.3 Å². The fourth-order valence-electron chi connectivity index (χ4n) is 1.75. The van der Waals surface area contributed by atoms with Gasteiger partial charge in [0, 0.05) is 12.1 Å². The molecule has 0 radical (unpaired) electrons. The Labute approximate surface area is 137 Å². The molecule has 0 spiro atoms. The zero-order valence-corrected chi connectivity index (χ0v) is 13.5. The molecule has 1 aromatic carbocycles. The van der Waals surface area contributed by atoms with Gasteiger partial charge in [-0.1, -0.05) is 11.8 Å². The number of benzene rings is 1. The highest BCUT2D eigenvalue weighted by Crippen LogP contribution is 2.29. The van der Waals surface area contributed by atoms with Crippen molar-refractivity contribution in [2.24, 2.45) is 0 Å². The molecule has 0 atom stereocenters. The lowest BCUT2D eigenvalue weighted by Crippen LogP contribution is -2.15. The molecule has 9 heteroatoms. The molecular formula is C14H17N5O3S. The van der Waals surface area contributed by atoms with Crippen LogP contribution in [0.5, 0.6) is 11.5 Å². The van der Waals surface area contributed by atoms with Crippen molar-refractivity contribution < 1.29 is 14.3 Å². The van der Waals surface area contributed by atoms with E-state index in [9.17, 15) is 4.79 Å². The van der Waals surface area contributed by atoms with Gasteiger partial charge in [-0.2, -0.15) is 0 Å². The zero-order valence-electron chi connectivity index (χ0n) is 12.7. The topological polar surface area (TPSA) is 125 Å². The molecule has 8 nitrogen and oxygen atoms in total. The van der Waals surface area contributed by atoms with Gasteiger partial charge in [0.05, 0.1) is 25.7 Å². The van der Waals surface area contributed by atoms with Crippen molar-refractivity contribution in [3.05, 3.63) is 24.3 Å². The van der Waals surface area contributed by atoms with E-state index in [1.807, 2.05) is 0 Å². The van der Waals surface area contributed by atoms with Gasteiger partial charge in [0.25, 0.3) is 0 Å². The van der Waals surface area contributed by atoms with Crippen molar-refractivity contribution in [1.82, 2.24) is 9.97 Å². The number of hydrogen-bond acceptors (Lipinski definition) is 8. The summed E-state index contributed by atoms with van der Waals surface area (Å²) >= 11 is 1.13. The number of nitrogens with zero attached hydrogens (tertiary/aromatic N) is 2. The minimum atomic E-state index is -0.244. The number of nitrogen functional groups attached to an aromatic ring is 2. The molecule has 0 fully saturated rings. The summed E-state index contributed by atoms with van der Waals surface area (Å²) < 4.78 is 10.3. The van der Waals surface area contributed by atoms with Crippen LogP contribution < -0.4 is 26.3 Å². The fourth-order valence-corrected chi connectivity index (χ4v) is 2.43. The number of carbonyl (C=O) groups excluding carboxylic acids is 1. The summed E-state index contributed by atoms with van der Waals surface area (Å²) in [5.41, 5.74) is 11.7. The van der Waals surface area contributed by atoms with Crippen LogP contribution in [0.1, 0.15) is 0 Å². The first-order chi connectivity index (χ1) is 11.0. The Balaban J connectivity index is 2.02. The summed E-state index contributed by atoms with van der Waals surface area (Å²) in [6, 6.07) is 6.58. The monoisotopic (exact) mass is 335 g/mol. The number of nitrogens with two attached hydrogens (primary N) is 2. The summed E-state index contributed by atoms with van der Waals surface area (Å²) in [7, 11) is 3.07. The first-order valence-electron chi connectivity index (χ1n) is 6.56. The molecule has 0 aliphatic heterocycles. The molecular weight excluding hydrogens is 318 g/mol. The molecule has 0 unspecified atom stereocenters. The Hall–Kier alpha value is -2.68. The second-order valence-corrected chi connectivity index (χ2v) is 5.35. The standard InChI is InChI=1S/C14H17N5O3S/c1-21-8-3-4-10(22-2)9(5-8)17-13(20)7-23-14-18-11(15)6-12(16)19-14/h3-6H,7H2,1-2H3,(H,17,20)(H4,15,16,18,19). The number of rotatable bonds is 6. The molecule has 2 aromatic rings. The van der Waals surface area contributed by atoms with Gasteiger partial charge in [-0.05, 0) is 12.1 Å². The normalized spacial score (nSPS) is 10.2. The van der Waals surface area contributed by atoms with E-state index < -0.39 is 0 Å².